The first-order valence-electron chi connectivity index (χ1n) is 7.04. The number of rotatable bonds is 7. The molecule has 1 saturated carbocycles. The monoisotopic (exact) mass is 246 g/mol. The standard InChI is InChI=1S/C15H22N2O/c1(7-17-15-4-5-15)6-16-9-12-2-3-13-10-18-11-14(13)8-12/h2-3,8,15-17H,1,4-7,9-11H2. The van der Waals surface area contributed by atoms with Gasteiger partial charge in [0.1, 0.15) is 0 Å². The molecule has 0 saturated heterocycles. The van der Waals surface area contributed by atoms with Crippen molar-refractivity contribution >= 4 is 0 Å². The van der Waals surface area contributed by atoms with Gasteiger partial charge in [0.25, 0.3) is 0 Å². The van der Waals surface area contributed by atoms with Crippen LogP contribution in [0.15, 0.2) is 18.2 Å². The van der Waals surface area contributed by atoms with E-state index in [1.165, 1.54) is 36.0 Å². The summed E-state index contributed by atoms with van der Waals surface area (Å²) in [6, 6.07) is 7.52. The highest BCUT2D eigenvalue weighted by atomic mass is 16.5. The zero-order chi connectivity index (χ0) is 12.2. The first-order valence-corrected chi connectivity index (χ1v) is 7.04. The van der Waals surface area contributed by atoms with E-state index in [9.17, 15) is 0 Å². The lowest BCUT2D eigenvalue weighted by molar-refractivity contribution is 0.134. The van der Waals surface area contributed by atoms with Gasteiger partial charge in [-0.15, -0.1) is 0 Å². The van der Waals surface area contributed by atoms with E-state index in [0.717, 1.165) is 38.9 Å². The van der Waals surface area contributed by atoms with Crippen molar-refractivity contribution in [2.45, 2.75) is 45.1 Å². The molecular formula is C15H22N2O. The second-order valence-electron chi connectivity index (χ2n) is 5.35. The fourth-order valence-corrected chi connectivity index (χ4v) is 2.38. The van der Waals surface area contributed by atoms with Crippen LogP contribution >= 0.6 is 0 Å². The Kier molecular flexibility index (Phi) is 3.93. The first kappa shape index (κ1) is 12.2. The van der Waals surface area contributed by atoms with E-state index in [-0.39, 0.29) is 0 Å². The molecule has 3 rings (SSSR count). The van der Waals surface area contributed by atoms with Crippen molar-refractivity contribution in [1.29, 1.82) is 0 Å². The molecule has 1 aromatic rings. The summed E-state index contributed by atoms with van der Waals surface area (Å²) in [6.07, 6.45) is 3.97. The van der Waals surface area contributed by atoms with Gasteiger partial charge in [-0.2, -0.15) is 0 Å². The number of hydrogen-bond acceptors (Lipinski definition) is 3. The van der Waals surface area contributed by atoms with Crippen LogP contribution in [0.4, 0.5) is 0 Å². The number of hydrogen-bond donors (Lipinski definition) is 2. The van der Waals surface area contributed by atoms with Gasteiger partial charge < -0.3 is 15.4 Å². The Morgan fingerprint density at radius 2 is 2.00 bits per heavy atom. The zero-order valence-electron chi connectivity index (χ0n) is 10.9. The molecule has 0 aromatic heterocycles. The molecule has 2 N–H and O–H groups in total. The van der Waals surface area contributed by atoms with Gasteiger partial charge in [-0.25, -0.2) is 0 Å². The summed E-state index contributed by atoms with van der Waals surface area (Å²) in [6.45, 7) is 4.78. The van der Waals surface area contributed by atoms with E-state index in [0.29, 0.717) is 0 Å². The van der Waals surface area contributed by atoms with Crippen molar-refractivity contribution in [2.24, 2.45) is 0 Å². The quantitative estimate of drug-likeness (QED) is 0.721. The van der Waals surface area contributed by atoms with Crippen molar-refractivity contribution in [3.63, 3.8) is 0 Å². The van der Waals surface area contributed by atoms with Crippen LogP contribution in [0.2, 0.25) is 0 Å². The van der Waals surface area contributed by atoms with E-state index in [1.54, 1.807) is 0 Å². The van der Waals surface area contributed by atoms with E-state index >= 15 is 0 Å². The Bertz CT molecular complexity index is 401. The highest BCUT2D eigenvalue weighted by Crippen LogP contribution is 2.20. The third-order valence-electron chi connectivity index (χ3n) is 3.66. The van der Waals surface area contributed by atoms with E-state index in [2.05, 4.69) is 28.8 Å². The summed E-state index contributed by atoms with van der Waals surface area (Å²) in [5.41, 5.74) is 4.09. The van der Waals surface area contributed by atoms with Gasteiger partial charge in [0.05, 0.1) is 13.2 Å². The van der Waals surface area contributed by atoms with Gasteiger partial charge >= 0.3 is 0 Å². The molecule has 0 radical (unpaired) electrons. The highest BCUT2D eigenvalue weighted by Gasteiger charge is 2.19. The molecule has 1 fully saturated rings. The average molecular weight is 246 g/mol. The van der Waals surface area contributed by atoms with Crippen molar-refractivity contribution in [3.8, 4) is 0 Å². The number of ether oxygens (including phenoxy) is 1. The Morgan fingerprint density at radius 1 is 1.11 bits per heavy atom. The van der Waals surface area contributed by atoms with Crippen molar-refractivity contribution < 1.29 is 4.74 Å². The lowest BCUT2D eigenvalue weighted by Gasteiger charge is -2.07. The maximum Gasteiger partial charge on any atom is 0.0725 e. The van der Waals surface area contributed by atoms with Crippen LogP contribution in [0.25, 0.3) is 0 Å². The van der Waals surface area contributed by atoms with Gasteiger partial charge in [0.15, 0.2) is 0 Å². The minimum absolute atomic E-state index is 0.786. The molecule has 0 atom stereocenters. The molecule has 0 amide bonds. The van der Waals surface area contributed by atoms with Crippen LogP contribution in [-0.4, -0.2) is 19.1 Å². The van der Waals surface area contributed by atoms with Crippen LogP contribution in [0.3, 0.4) is 0 Å². The summed E-state index contributed by atoms with van der Waals surface area (Å²) in [5, 5.41) is 7.04. The van der Waals surface area contributed by atoms with Gasteiger partial charge in [0.2, 0.25) is 0 Å². The van der Waals surface area contributed by atoms with Crippen molar-refractivity contribution in [3.05, 3.63) is 34.9 Å². The van der Waals surface area contributed by atoms with Crippen LogP contribution in [0.5, 0.6) is 0 Å². The smallest absolute Gasteiger partial charge is 0.0725 e. The predicted octanol–water partition coefficient (Wildman–Crippen LogP) is 1.95. The molecule has 2 aliphatic rings. The summed E-state index contributed by atoms with van der Waals surface area (Å²) in [5.74, 6) is 0. The number of fused-ring (bicyclic) bond motifs is 1. The minimum Gasteiger partial charge on any atom is -0.372 e. The number of nitrogens with one attached hydrogen (secondary N) is 2. The maximum atomic E-state index is 5.43. The van der Waals surface area contributed by atoms with Crippen molar-refractivity contribution in [1.82, 2.24) is 10.6 Å². The third-order valence-corrected chi connectivity index (χ3v) is 3.66. The summed E-state index contributed by atoms with van der Waals surface area (Å²) >= 11 is 0. The highest BCUT2D eigenvalue weighted by molar-refractivity contribution is 5.33. The summed E-state index contributed by atoms with van der Waals surface area (Å²) in [4.78, 5) is 0. The molecule has 98 valence electrons. The first-order chi connectivity index (χ1) is 8.92. The molecule has 1 aliphatic carbocycles. The van der Waals surface area contributed by atoms with Gasteiger partial charge in [-0.1, -0.05) is 18.2 Å². The van der Waals surface area contributed by atoms with Crippen LogP contribution < -0.4 is 10.6 Å². The minimum atomic E-state index is 0.786. The predicted molar refractivity (Wildman–Crippen MR) is 72.3 cm³/mol. The summed E-state index contributed by atoms with van der Waals surface area (Å²) < 4.78 is 5.43. The molecule has 18 heavy (non-hydrogen) atoms. The SMILES string of the molecule is c1cc2c(cc1CNCCCNC1CC1)COC2. The van der Waals surface area contributed by atoms with Crippen LogP contribution in [0.1, 0.15) is 36.0 Å². The molecule has 3 heteroatoms. The Labute approximate surface area is 109 Å². The molecule has 3 nitrogen and oxygen atoms in total. The van der Waals surface area contributed by atoms with E-state index < -0.39 is 0 Å². The maximum absolute atomic E-state index is 5.43. The lowest BCUT2D eigenvalue weighted by Crippen LogP contribution is -2.23. The second-order valence-corrected chi connectivity index (χ2v) is 5.35. The van der Waals surface area contributed by atoms with Gasteiger partial charge in [0, 0.05) is 12.6 Å². The van der Waals surface area contributed by atoms with E-state index in [4.69, 9.17) is 4.74 Å². The Balaban J connectivity index is 1.34. The number of benzene rings is 1. The third kappa shape index (κ3) is 3.31. The fourth-order valence-electron chi connectivity index (χ4n) is 2.38. The van der Waals surface area contributed by atoms with Crippen LogP contribution in [-0.2, 0) is 24.5 Å². The zero-order valence-corrected chi connectivity index (χ0v) is 10.9. The van der Waals surface area contributed by atoms with Gasteiger partial charge in [-0.05, 0) is 49.0 Å². The van der Waals surface area contributed by atoms with Crippen molar-refractivity contribution in [2.75, 3.05) is 13.1 Å². The molecule has 0 spiro atoms. The molecule has 0 bridgehead atoms. The second kappa shape index (κ2) is 5.83. The topological polar surface area (TPSA) is 33.3 Å². The van der Waals surface area contributed by atoms with E-state index in [1.807, 2.05) is 0 Å². The van der Waals surface area contributed by atoms with Crippen LogP contribution in [0, 0.1) is 0 Å². The molecule has 1 aliphatic heterocycles. The Morgan fingerprint density at radius 3 is 2.89 bits per heavy atom. The average Bonchev–Trinajstić information content (AvgIpc) is 3.09. The molecule has 0 unspecified atom stereocenters. The lowest BCUT2D eigenvalue weighted by atomic mass is 10.1. The Hall–Kier alpha value is -0.900. The summed E-state index contributed by atoms with van der Waals surface area (Å²) in [7, 11) is 0. The fraction of sp³-hybridized carbons (Fsp3) is 0.600. The molecule has 1 heterocycles. The molecular weight excluding hydrogens is 224 g/mol. The normalized spacial score (nSPS) is 18.0. The van der Waals surface area contributed by atoms with Gasteiger partial charge in [-0.3, -0.25) is 0 Å². The molecule has 1 aromatic carbocycles. The largest absolute Gasteiger partial charge is 0.372 e.